The van der Waals surface area contributed by atoms with E-state index in [0.29, 0.717) is 5.58 Å². The molecular weight excluding hydrogens is 408 g/mol. The molecule has 3 aromatic carbocycles. The van der Waals surface area contributed by atoms with E-state index in [9.17, 15) is 4.79 Å². The Balaban J connectivity index is 1.54. The lowest BCUT2D eigenvalue weighted by molar-refractivity contribution is 0.148. The van der Waals surface area contributed by atoms with Gasteiger partial charge < -0.3 is 9.32 Å². The van der Waals surface area contributed by atoms with Crippen LogP contribution in [0, 0.1) is 13.8 Å². The summed E-state index contributed by atoms with van der Waals surface area (Å²) in [6.07, 6.45) is 0. The molecule has 0 aliphatic carbocycles. The molecule has 33 heavy (non-hydrogen) atoms. The van der Waals surface area contributed by atoms with Gasteiger partial charge in [0.2, 0.25) is 0 Å². The van der Waals surface area contributed by atoms with Gasteiger partial charge in [-0.2, -0.15) is 0 Å². The van der Waals surface area contributed by atoms with Crippen molar-refractivity contribution in [2.24, 2.45) is 0 Å². The smallest absolute Gasteiger partial charge is 0.336 e. The molecule has 0 N–H and O–H groups in total. The molecular formula is C29H30N2O2. The predicted molar refractivity (Wildman–Crippen MR) is 136 cm³/mol. The van der Waals surface area contributed by atoms with Crippen molar-refractivity contribution in [2.45, 2.75) is 20.4 Å². The molecule has 168 valence electrons. The first-order valence-electron chi connectivity index (χ1n) is 11.6. The molecule has 0 bridgehead atoms. The van der Waals surface area contributed by atoms with Crippen LogP contribution in [0.5, 0.6) is 0 Å². The van der Waals surface area contributed by atoms with Gasteiger partial charge in [-0.3, -0.25) is 4.90 Å². The summed E-state index contributed by atoms with van der Waals surface area (Å²) in [4.78, 5) is 17.2. The van der Waals surface area contributed by atoms with Gasteiger partial charge in [0.25, 0.3) is 0 Å². The van der Waals surface area contributed by atoms with Gasteiger partial charge in [-0.1, -0.05) is 54.6 Å². The number of benzene rings is 3. The maximum Gasteiger partial charge on any atom is 0.336 e. The normalized spacial score (nSPS) is 15.2. The van der Waals surface area contributed by atoms with Crippen molar-refractivity contribution >= 4 is 11.0 Å². The van der Waals surface area contributed by atoms with Gasteiger partial charge >= 0.3 is 5.63 Å². The van der Waals surface area contributed by atoms with Crippen LogP contribution in [0.4, 0.5) is 0 Å². The van der Waals surface area contributed by atoms with Crippen molar-refractivity contribution in [3.05, 3.63) is 93.8 Å². The summed E-state index contributed by atoms with van der Waals surface area (Å²) in [6.45, 7) is 9.72. The van der Waals surface area contributed by atoms with Crippen LogP contribution in [0.2, 0.25) is 0 Å². The molecule has 1 fully saturated rings. The molecule has 4 heteroatoms. The molecule has 1 aliphatic rings. The van der Waals surface area contributed by atoms with Crippen molar-refractivity contribution in [3.63, 3.8) is 0 Å². The average molecular weight is 439 g/mol. The van der Waals surface area contributed by atoms with Crippen molar-refractivity contribution < 1.29 is 4.42 Å². The summed E-state index contributed by atoms with van der Waals surface area (Å²) in [6, 6.07) is 22.6. The first-order valence-corrected chi connectivity index (χ1v) is 11.6. The Morgan fingerprint density at radius 1 is 0.848 bits per heavy atom. The Morgan fingerprint density at radius 2 is 1.55 bits per heavy atom. The standard InChI is InChI=1S/C29H30N2O2/c1-20-17-26-29(25(18-27(32)33-26)23-7-5-4-6-8-23)21(2)28(20)24-11-9-22(10-12-24)19-31-15-13-30(3)14-16-31/h4-12,17-18H,13-16,19H2,1-3H3. The zero-order chi connectivity index (χ0) is 22.9. The molecule has 0 unspecified atom stereocenters. The Kier molecular flexibility index (Phi) is 5.88. The largest absolute Gasteiger partial charge is 0.423 e. The second-order valence-electron chi connectivity index (χ2n) is 9.19. The first-order chi connectivity index (χ1) is 16.0. The van der Waals surface area contributed by atoms with Gasteiger partial charge in [0.1, 0.15) is 5.58 Å². The third kappa shape index (κ3) is 4.37. The minimum Gasteiger partial charge on any atom is -0.423 e. The lowest BCUT2D eigenvalue weighted by atomic mass is 9.89. The number of rotatable bonds is 4. The second kappa shape index (κ2) is 8.97. The van der Waals surface area contributed by atoms with Crippen LogP contribution in [-0.4, -0.2) is 43.0 Å². The Morgan fingerprint density at radius 3 is 2.24 bits per heavy atom. The molecule has 0 saturated carbocycles. The lowest BCUT2D eigenvalue weighted by Gasteiger charge is -2.32. The number of hydrogen-bond donors (Lipinski definition) is 0. The van der Waals surface area contributed by atoms with E-state index in [1.807, 2.05) is 36.4 Å². The van der Waals surface area contributed by atoms with Crippen molar-refractivity contribution in [2.75, 3.05) is 33.2 Å². The number of likely N-dealkylation sites (N-methyl/N-ethyl adjacent to an activating group) is 1. The minimum absolute atomic E-state index is 0.318. The Bertz CT molecular complexity index is 1330. The van der Waals surface area contributed by atoms with E-state index in [1.165, 1.54) is 16.7 Å². The quantitative estimate of drug-likeness (QED) is 0.395. The zero-order valence-electron chi connectivity index (χ0n) is 19.6. The highest BCUT2D eigenvalue weighted by atomic mass is 16.4. The predicted octanol–water partition coefficient (Wildman–Crippen LogP) is 5.49. The summed E-state index contributed by atoms with van der Waals surface area (Å²) in [5, 5.41) is 1.00. The van der Waals surface area contributed by atoms with Crippen LogP contribution >= 0.6 is 0 Å². The SMILES string of the molecule is Cc1cc2oc(=O)cc(-c3ccccc3)c2c(C)c1-c1ccc(CN2CCN(C)CC2)cc1. The van der Waals surface area contributed by atoms with E-state index in [0.717, 1.165) is 60.4 Å². The molecule has 0 atom stereocenters. The fraction of sp³-hybridized carbons (Fsp3) is 0.276. The molecule has 1 aliphatic heterocycles. The molecule has 0 spiro atoms. The van der Waals surface area contributed by atoms with Gasteiger partial charge in [-0.05, 0) is 60.3 Å². The summed E-state index contributed by atoms with van der Waals surface area (Å²) in [5.41, 5.74) is 8.27. The number of hydrogen-bond acceptors (Lipinski definition) is 4. The monoisotopic (exact) mass is 438 g/mol. The molecule has 1 saturated heterocycles. The summed E-state index contributed by atoms with van der Waals surface area (Å²) < 4.78 is 5.62. The Hall–Kier alpha value is -3.21. The lowest BCUT2D eigenvalue weighted by Crippen LogP contribution is -2.43. The highest BCUT2D eigenvalue weighted by Gasteiger charge is 2.17. The van der Waals surface area contributed by atoms with Crippen LogP contribution in [0.1, 0.15) is 16.7 Å². The van der Waals surface area contributed by atoms with E-state index in [2.05, 4.69) is 55.0 Å². The zero-order valence-corrected chi connectivity index (χ0v) is 19.6. The topological polar surface area (TPSA) is 36.7 Å². The summed E-state index contributed by atoms with van der Waals surface area (Å²) in [7, 11) is 2.19. The number of piperazine rings is 1. The average Bonchev–Trinajstić information content (AvgIpc) is 2.81. The van der Waals surface area contributed by atoms with Crippen LogP contribution < -0.4 is 5.63 Å². The van der Waals surface area contributed by atoms with E-state index < -0.39 is 0 Å². The van der Waals surface area contributed by atoms with Crippen LogP contribution in [-0.2, 0) is 6.54 Å². The van der Waals surface area contributed by atoms with Gasteiger partial charge in [0.05, 0.1) is 0 Å². The van der Waals surface area contributed by atoms with Crippen molar-refractivity contribution in [1.82, 2.24) is 9.80 Å². The summed E-state index contributed by atoms with van der Waals surface area (Å²) >= 11 is 0. The van der Waals surface area contributed by atoms with Gasteiger partial charge in [-0.15, -0.1) is 0 Å². The maximum absolute atomic E-state index is 12.3. The van der Waals surface area contributed by atoms with Gasteiger partial charge in [0, 0.05) is 49.7 Å². The van der Waals surface area contributed by atoms with Crippen LogP contribution in [0.25, 0.3) is 33.2 Å². The van der Waals surface area contributed by atoms with Crippen LogP contribution in [0.15, 0.2) is 75.9 Å². The van der Waals surface area contributed by atoms with E-state index in [4.69, 9.17) is 4.42 Å². The highest BCUT2D eigenvalue weighted by Crippen LogP contribution is 2.37. The van der Waals surface area contributed by atoms with Gasteiger partial charge in [0.15, 0.2) is 0 Å². The molecule has 4 aromatic rings. The number of aryl methyl sites for hydroxylation is 2. The highest BCUT2D eigenvalue weighted by molar-refractivity contribution is 6.00. The molecule has 1 aromatic heterocycles. The number of nitrogens with zero attached hydrogens (tertiary/aromatic N) is 2. The molecule has 5 rings (SSSR count). The fourth-order valence-electron chi connectivity index (χ4n) is 5.02. The Labute approximate surface area is 195 Å². The number of fused-ring (bicyclic) bond motifs is 1. The molecule has 0 radical (unpaired) electrons. The molecule has 4 nitrogen and oxygen atoms in total. The van der Waals surface area contributed by atoms with Crippen molar-refractivity contribution in [1.29, 1.82) is 0 Å². The fourth-order valence-corrected chi connectivity index (χ4v) is 5.02. The third-order valence-electron chi connectivity index (χ3n) is 6.81. The summed E-state index contributed by atoms with van der Waals surface area (Å²) in [5.74, 6) is 0. The van der Waals surface area contributed by atoms with E-state index in [-0.39, 0.29) is 5.63 Å². The first kappa shape index (κ1) is 21.6. The van der Waals surface area contributed by atoms with E-state index in [1.54, 1.807) is 6.07 Å². The molecule has 2 heterocycles. The maximum atomic E-state index is 12.3. The van der Waals surface area contributed by atoms with Gasteiger partial charge in [-0.25, -0.2) is 4.79 Å². The van der Waals surface area contributed by atoms with E-state index >= 15 is 0 Å². The molecule has 0 amide bonds. The second-order valence-corrected chi connectivity index (χ2v) is 9.19. The third-order valence-corrected chi connectivity index (χ3v) is 6.81. The van der Waals surface area contributed by atoms with Crippen molar-refractivity contribution in [3.8, 4) is 22.3 Å². The van der Waals surface area contributed by atoms with Crippen LogP contribution in [0.3, 0.4) is 0 Å². The minimum atomic E-state index is -0.318.